The molecule has 2 N–H and O–H groups in total. The molecule has 1 aromatic heterocycles. The minimum absolute atomic E-state index is 0.232. The summed E-state index contributed by atoms with van der Waals surface area (Å²) in [4.78, 5) is 29.1. The largest absolute Gasteiger partial charge is 0.497 e. The van der Waals surface area contributed by atoms with Crippen LogP contribution in [0.15, 0.2) is 94.5 Å². The second-order valence-corrected chi connectivity index (χ2v) is 10.1. The normalized spacial score (nSPS) is 11.0. The standard InChI is InChI=1S/C31H23BrClN3O5/c1-39-21-7-5-6-19(15-21)31(38)41-26-13-10-18(14-27(26)40-2)17-34-36-30(37)29-28(22-8-3-4-9-24(22)33)23-16-20(32)11-12-25(23)35-29/h3-17,35H,1-2H3,(H,36,37). The van der Waals surface area contributed by atoms with Crippen LogP contribution in [0.5, 0.6) is 17.2 Å². The number of aromatic nitrogens is 1. The van der Waals surface area contributed by atoms with Gasteiger partial charge in [0.25, 0.3) is 5.91 Å². The number of nitrogens with one attached hydrogen (secondary N) is 2. The van der Waals surface area contributed by atoms with Gasteiger partial charge in [-0.25, -0.2) is 10.2 Å². The van der Waals surface area contributed by atoms with Crippen molar-refractivity contribution in [3.63, 3.8) is 0 Å². The molecule has 1 heterocycles. The fraction of sp³-hybridized carbons (Fsp3) is 0.0645. The molecule has 0 aliphatic carbocycles. The van der Waals surface area contributed by atoms with Crippen LogP contribution in [0.4, 0.5) is 0 Å². The zero-order valence-corrected chi connectivity index (χ0v) is 24.2. The molecule has 0 aliphatic rings. The summed E-state index contributed by atoms with van der Waals surface area (Å²) in [5.41, 5.74) is 6.00. The van der Waals surface area contributed by atoms with Gasteiger partial charge in [0.2, 0.25) is 0 Å². The van der Waals surface area contributed by atoms with Crippen molar-refractivity contribution in [3.05, 3.63) is 111 Å². The first-order chi connectivity index (χ1) is 19.9. The number of carbonyl (C=O) groups is 2. The van der Waals surface area contributed by atoms with Gasteiger partial charge in [-0.15, -0.1) is 0 Å². The second-order valence-electron chi connectivity index (χ2n) is 8.78. The van der Waals surface area contributed by atoms with Crippen molar-refractivity contribution in [3.8, 4) is 28.4 Å². The van der Waals surface area contributed by atoms with Crippen LogP contribution in [0.1, 0.15) is 26.4 Å². The summed E-state index contributed by atoms with van der Waals surface area (Å²) in [6, 6.07) is 24.6. The van der Waals surface area contributed by atoms with Crippen molar-refractivity contribution in [2.75, 3.05) is 14.2 Å². The lowest BCUT2D eigenvalue weighted by Crippen LogP contribution is -2.19. The van der Waals surface area contributed by atoms with Gasteiger partial charge in [0.1, 0.15) is 11.4 Å². The maximum absolute atomic E-state index is 13.3. The van der Waals surface area contributed by atoms with Gasteiger partial charge >= 0.3 is 5.97 Å². The number of aromatic amines is 1. The Kier molecular flexibility index (Phi) is 8.37. The maximum Gasteiger partial charge on any atom is 0.343 e. The molecule has 8 nitrogen and oxygen atoms in total. The monoisotopic (exact) mass is 631 g/mol. The van der Waals surface area contributed by atoms with Gasteiger partial charge in [-0.1, -0.05) is 51.8 Å². The topological polar surface area (TPSA) is 102 Å². The first-order valence-corrected chi connectivity index (χ1v) is 13.5. The zero-order chi connectivity index (χ0) is 28.9. The van der Waals surface area contributed by atoms with Crippen LogP contribution in [0.3, 0.4) is 0 Å². The second kappa shape index (κ2) is 12.3. The molecular formula is C31H23BrClN3O5. The van der Waals surface area contributed by atoms with Gasteiger partial charge in [0.05, 0.1) is 26.0 Å². The van der Waals surface area contributed by atoms with E-state index in [-0.39, 0.29) is 5.75 Å². The van der Waals surface area contributed by atoms with Gasteiger partial charge in [0, 0.05) is 31.5 Å². The highest BCUT2D eigenvalue weighted by Gasteiger charge is 2.21. The third kappa shape index (κ3) is 6.11. The lowest BCUT2D eigenvalue weighted by Gasteiger charge is -2.10. The quantitative estimate of drug-likeness (QED) is 0.0812. The Morgan fingerprint density at radius 3 is 2.54 bits per heavy atom. The van der Waals surface area contributed by atoms with Crippen molar-refractivity contribution in [1.82, 2.24) is 10.4 Å². The summed E-state index contributed by atoms with van der Waals surface area (Å²) < 4.78 is 17.0. The van der Waals surface area contributed by atoms with Crippen LogP contribution in [0, 0.1) is 0 Å². The molecule has 0 unspecified atom stereocenters. The van der Waals surface area contributed by atoms with E-state index < -0.39 is 11.9 Å². The van der Waals surface area contributed by atoms with E-state index in [4.69, 9.17) is 25.8 Å². The zero-order valence-electron chi connectivity index (χ0n) is 21.9. The van der Waals surface area contributed by atoms with E-state index >= 15 is 0 Å². The number of amides is 1. The van der Waals surface area contributed by atoms with E-state index in [1.807, 2.05) is 36.4 Å². The number of rotatable bonds is 8. The highest BCUT2D eigenvalue weighted by Crippen LogP contribution is 2.37. The number of halogens is 2. The predicted molar refractivity (Wildman–Crippen MR) is 162 cm³/mol. The van der Waals surface area contributed by atoms with Crippen LogP contribution >= 0.6 is 27.5 Å². The van der Waals surface area contributed by atoms with Gasteiger partial charge in [-0.05, 0) is 66.2 Å². The maximum atomic E-state index is 13.3. The average molecular weight is 633 g/mol. The average Bonchev–Trinajstić information content (AvgIpc) is 3.36. The number of ether oxygens (including phenoxy) is 3. The number of hydrogen-bond donors (Lipinski definition) is 2. The van der Waals surface area contributed by atoms with Gasteiger partial charge in [-0.2, -0.15) is 5.10 Å². The molecule has 41 heavy (non-hydrogen) atoms. The first-order valence-electron chi connectivity index (χ1n) is 12.3. The minimum atomic E-state index is -0.560. The van der Waals surface area contributed by atoms with Crippen LogP contribution in [-0.2, 0) is 0 Å². The van der Waals surface area contributed by atoms with Gasteiger partial charge in [-0.3, -0.25) is 4.79 Å². The lowest BCUT2D eigenvalue weighted by atomic mass is 10.0. The molecule has 5 aromatic rings. The number of nitrogens with zero attached hydrogens (tertiary/aromatic N) is 1. The molecule has 206 valence electrons. The molecule has 10 heteroatoms. The number of esters is 1. The van der Waals surface area contributed by atoms with Crippen LogP contribution in [0.25, 0.3) is 22.0 Å². The summed E-state index contributed by atoms with van der Waals surface area (Å²) in [5.74, 6) is 0.0861. The Morgan fingerprint density at radius 2 is 1.76 bits per heavy atom. The molecule has 0 spiro atoms. The van der Waals surface area contributed by atoms with Crippen molar-refractivity contribution in [2.45, 2.75) is 0 Å². The minimum Gasteiger partial charge on any atom is -0.497 e. The summed E-state index contributed by atoms with van der Waals surface area (Å²) in [6.45, 7) is 0. The van der Waals surface area contributed by atoms with Gasteiger partial charge < -0.3 is 19.2 Å². The number of H-pyrrole nitrogens is 1. The fourth-order valence-corrected chi connectivity index (χ4v) is 4.85. The van der Waals surface area contributed by atoms with E-state index in [9.17, 15) is 9.59 Å². The molecule has 0 saturated heterocycles. The van der Waals surface area contributed by atoms with E-state index in [1.54, 1.807) is 48.5 Å². The molecular weight excluding hydrogens is 610 g/mol. The highest BCUT2D eigenvalue weighted by atomic mass is 79.9. The Labute approximate surface area is 249 Å². The molecule has 0 atom stereocenters. The first kappa shape index (κ1) is 27.9. The molecule has 0 fully saturated rings. The fourth-order valence-electron chi connectivity index (χ4n) is 4.26. The highest BCUT2D eigenvalue weighted by molar-refractivity contribution is 9.10. The molecule has 0 bridgehead atoms. The molecule has 5 rings (SSSR count). The van der Waals surface area contributed by atoms with E-state index in [0.717, 1.165) is 20.9 Å². The summed E-state index contributed by atoms with van der Waals surface area (Å²) in [5, 5.41) is 5.49. The number of hydrogen-bond acceptors (Lipinski definition) is 6. The number of methoxy groups -OCH3 is 2. The van der Waals surface area contributed by atoms with Crippen LogP contribution in [-0.4, -0.2) is 37.3 Å². The van der Waals surface area contributed by atoms with E-state index in [0.29, 0.717) is 38.9 Å². The Morgan fingerprint density at radius 1 is 0.927 bits per heavy atom. The molecule has 1 amide bonds. The summed E-state index contributed by atoms with van der Waals surface area (Å²) in [6.07, 6.45) is 1.46. The molecule has 4 aromatic carbocycles. The van der Waals surface area contributed by atoms with E-state index in [2.05, 4.69) is 31.4 Å². The third-order valence-electron chi connectivity index (χ3n) is 6.21. The Bertz CT molecular complexity index is 1800. The SMILES string of the molecule is COc1cccc(C(=O)Oc2ccc(C=NNC(=O)c3[nH]c4ccc(Br)cc4c3-c3ccccc3Cl)cc2OC)c1. The Balaban J connectivity index is 1.36. The number of fused-ring (bicyclic) bond motifs is 1. The Hall–Kier alpha value is -4.60. The third-order valence-corrected chi connectivity index (χ3v) is 7.03. The number of hydrazone groups is 1. The van der Waals surface area contributed by atoms with E-state index in [1.165, 1.54) is 20.4 Å². The van der Waals surface area contributed by atoms with Crippen molar-refractivity contribution in [1.29, 1.82) is 0 Å². The predicted octanol–water partition coefficient (Wildman–Crippen LogP) is 7.25. The van der Waals surface area contributed by atoms with Crippen molar-refractivity contribution >= 4 is 56.5 Å². The molecule has 0 saturated carbocycles. The van der Waals surface area contributed by atoms with Crippen molar-refractivity contribution in [2.24, 2.45) is 5.10 Å². The smallest absolute Gasteiger partial charge is 0.343 e. The van der Waals surface area contributed by atoms with Crippen molar-refractivity contribution < 1.29 is 23.8 Å². The summed E-state index contributed by atoms with van der Waals surface area (Å²) >= 11 is 10.0. The van der Waals surface area contributed by atoms with Gasteiger partial charge in [0.15, 0.2) is 11.5 Å². The molecule has 0 aliphatic heterocycles. The summed E-state index contributed by atoms with van der Waals surface area (Å²) in [7, 11) is 2.98. The van der Waals surface area contributed by atoms with Crippen LogP contribution < -0.4 is 19.6 Å². The number of benzene rings is 4. The number of carbonyl (C=O) groups excluding carboxylic acids is 2. The van der Waals surface area contributed by atoms with Crippen LogP contribution in [0.2, 0.25) is 5.02 Å². The molecule has 0 radical (unpaired) electrons. The lowest BCUT2D eigenvalue weighted by molar-refractivity contribution is 0.0729.